The zero-order valence-electron chi connectivity index (χ0n) is 7.29. The average Bonchev–Trinajstić information content (AvgIpc) is 2.71. The number of furan rings is 1. The Labute approximate surface area is 76.9 Å². The molecule has 2 aromatic heterocycles. The zero-order chi connectivity index (χ0) is 9.10. The molecule has 0 aliphatic carbocycles. The molecule has 0 bridgehead atoms. The Morgan fingerprint density at radius 3 is 3.08 bits per heavy atom. The van der Waals surface area contributed by atoms with Crippen molar-refractivity contribution in [3.63, 3.8) is 0 Å². The Kier molecular flexibility index (Phi) is 2.04. The van der Waals surface area contributed by atoms with Gasteiger partial charge in [0.25, 0.3) is 0 Å². The fraction of sp³-hybridized carbons (Fsp3) is 0.0909. The molecule has 0 saturated carbocycles. The highest BCUT2D eigenvalue weighted by Gasteiger charge is 2.07. The average molecular weight is 173 g/mol. The van der Waals surface area contributed by atoms with Gasteiger partial charge in [-0.3, -0.25) is 0 Å². The molecule has 2 heterocycles. The minimum atomic E-state index is 0.838. The summed E-state index contributed by atoms with van der Waals surface area (Å²) in [6.07, 6.45) is 6.30. The third-order valence-electron chi connectivity index (χ3n) is 1.95. The van der Waals surface area contributed by atoms with Gasteiger partial charge in [0.05, 0.1) is 12.0 Å². The van der Waals surface area contributed by atoms with E-state index in [1.54, 1.807) is 6.26 Å². The van der Waals surface area contributed by atoms with E-state index in [0.717, 1.165) is 23.4 Å². The lowest BCUT2D eigenvalue weighted by atomic mass is 10.1. The van der Waals surface area contributed by atoms with E-state index in [2.05, 4.69) is 11.6 Å². The summed E-state index contributed by atoms with van der Waals surface area (Å²) in [4.78, 5) is 3.11. The van der Waals surface area contributed by atoms with Gasteiger partial charge >= 0.3 is 0 Å². The van der Waals surface area contributed by atoms with E-state index in [4.69, 9.17) is 4.42 Å². The normalized spacial score (nSPS) is 10.2. The number of hydrogen-bond donors (Lipinski definition) is 1. The summed E-state index contributed by atoms with van der Waals surface area (Å²) in [5.41, 5.74) is 2.18. The smallest absolute Gasteiger partial charge is 0.153 e. The number of aromatic amines is 1. The summed E-state index contributed by atoms with van der Waals surface area (Å²) in [5.74, 6) is 0.907. The summed E-state index contributed by atoms with van der Waals surface area (Å²) in [5, 5.41) is 0. The lowest BCUT2D eigenvalue weighted by Crippen LogP contribution is -1.81. The Bertz CT molecular complexity index is 384. The summed E-state index contributed by atoms with van der Waals surface area (Å²) in [7, 11) is 0. The van der Waals surface area contributed by atoms with Gasteiger partial charge in [-0.05, 0) is 24.6 Å². The fourth-order valence-corrected chi connectivity index (χ4v) is 1.36. The van der Waals surface area contributed by atoms with E-state index in [9.17, 15) is 0 Å². The van der Waals surface area contributed by atoms with E-state index < -0.39 is 0 Å². The van der Waals surface area contributed by atoms with Crippen LogP contribution in [0.5, 0.6) is 0 Å². The van der Waals surface area contributed by atoms with Crippen molar-refractivity contribution >= 4 is 0 Å². The number of H-pyrrole nitrogens is 1. The van der Waals surface area contributed by atoms with Crippen molar-refractivity contribution < 1.29 is 4.42 Å². The van der Waals surface area contributed by atoms with E-state index in [0.29, 0.717) is 0 Å². The second kappa shape index (κ2) is 3.35. The molecule has 0 amide bonds. The van der Waals surface area contributed by atoms with E-state index in [1.807, 2.05) is 30.5 Å². The molecule has 0 fully saturated rings. The summed E-state index contributed by atoms with van der Waals surface area (Å²) in [6, 6.07) is 5.92. The molecule has 0 aromatic carbocycles. The second-order valence-electron chi connectivity index (χ2n) is 2.85. The lowest BCUT2D eigenvalue weighted by molar-refractivity contribution is 0.578. The minimum absolute atomic E-state index is 0.838. The van der Waals surface area contributed by atoms with Gasteiger partial charge in [-0.1, -0.05) is 6.08 Å². The van der Waals surface area contributed by atoms with Gasteiger partial charge in [-0.15, -0.1) is 6.58 Å². The first-order valence-electron chi connectivity index (χ1n) is 4.23. The maximum absolute atomic E-state index is 5.38. The largest absolute Gasteiger partial charge is 0.462 e. The first-order valence-corrected chi connectivity index (χ1v) is 4.23. The van der Waals surface area contributed by atoms with Gasteiger partial charge < -0.3 is 9.40 Å². The van der Waals surface area contributed by atoms with Gasteiger partial charge in [0, 0.05) is 11.8 Å². The number of nitrogens with one attached hydrogen (secondary N) is 1. The molecule has 1 N–H and O–H groups in total. The van der Waals surface area contributed by atoms with Crippen LogP contribution in [0.1, 0.15) is 5.56 Å². The SMILES string of the molecule is C=CCc1ccoc1-c1ccc[nH]1. The van der Waals surface area contributed by atoms with Crippen LogP contribution in [0, 0.1) is 0 Å². The number of allylic oxidation sites excluding steroid dienone is 1. The number of hydrogen-bond acceptors (Lipinski definition) is 1. The van der Waals surface area contributed by atoms with Gasteiger partial charge in [0.2, 0.25) is 0 Å². The number of aromatic nitrogens is 1. The van der Waals surface area contributed by atoms with Crippen molar-refractivity contribution in [3.05, 3.63) is 48.9 Å². The van der Waals surface area contributed by atoms with Gasteiger partial charge in [-0.25, -0.2) is 0 Å². The van der Waals surface area contributed by atoms with Crippen molar-refractivity contribution in [3.8, 4) is 11.5 Å². The molecule has 2 aromatic rings. The highest BCUT2D eigenvalue weighted by molar-refractivity contribution is 5.57. The Morgan fingerprint density at radius 1 is 1.46 bits per heavy atom. The van der Waals surface area contributed by atoms with Crippen LogP contribution < -0.4 is 0 Å². The van der Waals surface area contributed by atoms with Crippen LogP contribution in [0.15, 0.2) is 47.7 Å². The highest BCUT2D eigenvalue weighted by Crippen LogP contribution is 2.23. The van der Waals surface area contributed by atoms with Crippen molar-refractivity contribution in [1.29, 1.82) is 0 Å². The molecule has 0 spiro atoms. The Morgan fingerprint density at radius 2 is 2.38 bits per heavy atom. The quantitative estimate of drug-likeness (QED) is 0.710. The van der Waals surface area contributed by atoms with Crippen LogP contribution in [0.2, 0.25) is 0 Å². The van der Waals surface area contributed by atoms with Crippen molar-refractivity contribution in [2.24, 2.45) is 0 Å². The topological polar surface area (TPSA) is 28.9 Å². The molecule has 13 heavy (non-hydrogen) atoms. The fourth-order valence-electron chi connectivity index (χ4n) is 1.36. The number of rotatable bonds is 3. The molecule has 2 rings (SSSR count). The molecule has 2 nitrogen and oxygen atoms in total. The predicted octanol–water partition coefficient (Wildman–Crippen LogP) is 3.00. The lowest BCUT2D eigenvalue weighted by Gasteiger charge is -1.95. The minimum Gasteiger partial charge on any atom is -0.462 e. The molecular weight excluding hydrogens is 162 g/mol. The highest BCUT2D eigenvalue weighted by atomic mass is 16.3. The molecule has 0 atom stereocenters. The van der Waals surface area contributed by atoms with Crippen LogP contribution in [0.25, 0.3) is 11.5 Å². The molecule has 0 unspecified atom stereocenters. The molecular formula is C11H11NO. The van der Waals surface area contributed by atoms with Crippen molar-refractivity contribution in [2.75, 3.05) is 0 Å². The van der Waals surface area contributed by atoms with Gasteiger partial charge in [-0.2, -0.15) is 0 Å². The molecule has 0 saturated heterocycles. The maximum Gasteiger partial charge on any atom is 0.153 e. The van der Waals surface area contributed by atoms with Crippen molar-refractivity contribution in [2.45, 2.75) is 6.42 Å². The maximum atomic E-state index is 5.38. The van der Waals surface area contributed by atoms with Crippen LogP contribution >= 0.6 is 0 Å². The van der Waals surface area contributed by atoms with E-state index >= 15 is 0 Å². The van der Waals surface area contributed by atoms with Crippen molar-refractivity contribution in [1.82, 2.24) is 4.98 Å². The third-order valence-corrected chi connectivity index (χ3v) is 1.95. The Balaban J connectivity index is 2.40. The second-order valence-corrected chi connectivity index (χ2v) is 2.85. The molecule has 2 heteroatoms. The van der Waals surface area contributed by atoms with Gasteiger partial charge in [0.15, 0.2) is 5.76 Å². The first kappa shape index (κ1) is 7.92. The molecule has 0 aliphatic heterocycles. The van der Waals surface area contributed by atoms with Crippen LogP contribution in [-0.4, -0.2) is 4.98 Å². The van der Waals surface area contributed by atoms with Crippen LogP contribution in [-0.2, 0) is 6.42 Å². The van der Waals surface area contributed by atoms with Gasteiger partial charge in [0.1, 0.15) is 0 Å². The summed E-state index contributed by atoms with van der Waals surface area (Å²) < 4.78 is 5.38. The van der Waals surface area contributed by atoms with E-state index in [1.165, 1.54) is 0 Å². The standard InChI is InChI=1S/C11H11NO/c1-2-4-9-6-8-13-11(9)10-5-3-7-12-10/h2-3,5-8,12H,1,4H2. The van der Waals surface area contributed by atoms with E-state index in [-0.39, 0.29) is 0 Å². The first-order chi connectivity index (χ1) is 6.42. The van der Waals surface area contributed by atoms with Crippen LogP contribution in [0.4, 0.5) is 0 Å². The van der Waals surface area contributed by atoms with Crippen LogP contribution in [0.3, 0.4) is 0 Å². The third kappa shape index (κ3) is 1.43. The molecule has 0 radical (unpaired) electrons. The zero-order valence-corrected chi connectivity index (χ0v) is 7.29. The molecule has 0 aliphatic rings. The summed E-state index contributed by atoms with van der Waals surface area (Å²) >= 11 is 0. The monoisotopic (exact) mass is 173 g/mol. The summed E-state index contributed by atoms with van der Waals surface area (Å²) in [6.45, 7) is 3.71. The predicted molar refractivity (Wildman–Crippen MR) is 52.4 cm³/mol. The molecule has 66 valence electrons. The Hall–Kier alpha value is -1.70.